The topological polar surface area (TPSA) is 92.9 Å². The van der Waals surface area contributed by atoms with E-state index in [1.807, 2.05) is 6.92 Å². The summed E-state index contributed by atoms with van der Waals surface area (Å²) in [5, 5.41) is 9.32. The van der Waals surface area contributed by atoms with Crippen LogP contribution in [-0.2, 0) is 0 Å². The average Bonchev–Trinajstić information content (AvgIpc) is 2.82. The minimum atomic E-state index is -0.385. The molecule has 7 nitrogen and oxygen atoms in total. The molecule has 19 heavy (non-hydrogen) atoms. The van der Waals surface area contributed by atoms with E-state index in [-0.39, 0.29) is 17.5 Å². The standard InChI is InChI=1S/C12H15N5O2/c1-3-4-14-10-7-13-6-9(15-10)12(18)16-11-5-8(2)17-19-11/h5-7H,3-4H2,1-2H3,(H,14,15)(H,16,18). The van der Waals surface area contributed by atoms with Gasteiger partial charge in [0.15, 0.2) is 0 Å². The molecule has 0 saturated heterocycles. The number of aryl methyl sites for hydroxylation is 1. The summed E-state index contributed by atoms with van der Waals surface area (Å²) in [6, 6.07) is 1.63. The molecule has 2 aromatic heterocycles. The van der Waals surface area contributed by atoms with Crippen LogP contribution in [0, 0.1) is 6.92 Å². The summed E-state index contributed by atoms with van der Waals surface area (Å²) in [4.78, 5) is 20.1. The van der Waals surface area contributed by atoms with Gasteiger partial charge in [-0.1, -0.05) is 12.1 Å². The fraction of sp³-hybridized carbons (Fsp3) is 0.333. The van der Waals surface area contributed by atoms with Crippen LogP contribution in [0.5, 0.6) is 0 Å². The summed E-state index contributed by atoms with van der Waals surface area (Å²) in [6.07, 6.45) is 3.94. The third kappa shape index (κ3) is 3.51. The van der Waals surface area contributed by atoms with Gasteiger partial charge >= 0.3 is 0 Å². The number of hydrogen-bond donors (Lipinski definition) is 2. The molecule has 0 saturated carbocycles. The van der Waals surface area contributed by atoms with E-state index in [4.69, 9.17) is 4.52 Å². The summed E-state index contributed by atoms with van der Waals surface area (Å²) < 4.78 is 4.91. The maximum atomic E-state index is 11.9. The van der Waals surface area contributed by atoms with E-state index in [0.29, 0.717) is 11.5 Å². The molecule has 2 rings (SSSR count). The molecule has 0 aromatic carbocycles. The van der Waals surface area contributed by atoms with Crippen LogP contribution in [0.15, 0.2) is 23.0 Å². The van der Waals surface area contributed by atoms with Crippen molar-refractivity contribution in [2.24, 2.45) is 0 Å². The van der Waals surface area contributed by atoms with Gasteiger partial charge in [-0.2, -0.15) is 0 Å². The fourth-order valence-electron chi connectivity index (χ4n) is 1.41. The van der Waals surface area contributed by atoms with Crippen molar-refractivity contribution in [2.45, 2.75) is 20.3 Å². The molecule has 7 heteroatoms. The second kappa shape index (κ2) is 5.94. The van der Waals surface area contributed by atoms with Crippen molar-refractivity contribution in [1.29, 1.82) is 0 Å². The van der Waals surface area contributed by atoms with Gasteiger partial charge in [0.25, 0.3) is 5.91 Å². The molecule has 1 amide bonds. The van der Waals surface area contributed by atoms with Gasteiger partial charge < -0.3 is 9.84 Å². The summed E-state index contributed by atoms with van der Waals surface area (Å²) in [5.41, 5.74) is 0.912. The van der Waals surface area contributed by atoms with Gasteiger partial charge in [-0.15, -0.1) is 0 Å². The van der Waals surface area contributed by atoms with Gasteiger partial charge in [-0.05, 0) is 13.3 Å². The molecular weight excluding hydrogens is 246 g/mol. The van der Waals surface area contributed by atoms with E-state index in [1.54, 1.807) is 19.2 Å². The maximum Gasteiger partial charge on any atom is 0.278 e. The molecule has 0 spiro atoms. The molecule has 0 atom stereocenters. The number of aromatic nitrogens is 3. The molecule has 0 bridgehead atoms. The van der Waals surface area contributed by atoms with Crippen molar-refractivity contribution in [1.82, 2.24) is 15.1 Å². The van der Waals surface area contributed by atoms with E-state index in [1.165, 1.54) is 6.20 Å². The molecule has 0 fully saturated rings. The highest BCUT2D eigenvalue weighted by molar-refractivity contribution is 6.02. The van der Waals surface area contributed by atoms with E-state index >= 15 is 0 Å². The Morgan fingerprint density at radius 1 is 1.42 bits per heavy atom. The van der Waals surface area contributed by atoms with Crippen LogP contribution < -0.4 is 10.6 Å². The second-order valence-corrected chi connectivity index (χ2v) is 4.00. The molecule has 2 N–H and O–H groups in total. The molecule has 0 radical (unpaired) electrons. The number of amides is 1. The molecule has 0 aliphatic rings. The molecule has 2 heterocycles. The zero-order valence-corrected chi connectivity index (χ0v) is 10.8. The Hall–Kier alpha value is -2.44. The molecule has 0 aliphatic carbocycles. The smallest absolute Gasteiger partial charge is 0.278 e. The summed E-state index contributed by atoms with van der Waals surface area (Å²) >= 11 is 0. The Morgan fingerprint density at radius 2 is 2.26 bits per heavy atom. The van der Waals surface area contributed by atoms with Crippen molar-refractivity contribution < 1.29 is 9.32 Å². The predicted molar refractivity (Wildman–Crippen MR) is 70.0 cm³/mol. The number of rotatable bonds is 5. The summed E-state index contributed by atoms with van der Waals surface area (Å²) in [5.74, 6) is 0.475. The van der Waals surface area contributed by atoms with Crippen LogP contribution in [0.3, 0.4) is 0 Å². The molecule has 0 aliphatic heterocycles. The first-order valence-corrected chi connectivity index (χ1v) is 5.99. The highest BCUT2D eigenvalue weighted by Crippen LogP contribution is 2.10. The SMILES string of the molecule is CCCNc1cncc(C(=O)Nc2cc(C)no2)n1. The molecular formula is C12H15N5O2. The number of carbonyl (C=O) groups excluding carboxylic acids is 1. The van der Waals surface area contributed by atoms with Gasteiger partial charge in [0.2, 0.25) is 5.88 Å². The Labute approximate surface area is 110 Å². The van der Waals surface area contributed by atoms with Crippen LogP contribution in [0.25, 0.3) is 0 Å². The second-order valence-electron chi connectivity index (χ2n) is 4.00. The highest BCUT2D eigenvalue weighted by Gasteiger charge is 2.11. The third-order valence-corrected chi connectivity index (χ3v) is 2.29. The Morgan fingerprint density at radius 3 is 2.95 bits per heavy atom. The Balaban J connectivity index is 2.06. The molecule has 2 aromatic rings. The molecule has 0 unspecified atom stereocenters. The van der Waals surface area contributed by atoms with Crippen LogP contribution in [0.4, 0.5) is 11.7 Å². The first-order valence-electron chi connectivity index (χ1n) is 5.99. The normalized spacial score (nSPS) is 10.2. The zero-order valence-electron chi connectivity index (χ0n) is 10.8. The van der Waals surface area contributed by atoms with E-state index < -0.39 is 0 Å². The zero-order chi connectivity index (χ0) is 13.7. The number of hydrogen-bond acceptors (Lipinski definition) is 6. The Kier molecular flexibility index (Phi) is 4.07. The summed E-state index contributed by atoms with van der Waals surface area (Å²) in [7, 11) is 0. The summed E-state index contributed by atoms with van der Waals surface area (Å²) in [6.45, 7) is 4.60. The molecule has 100 valence electrons. The predicted octanol–water partition coefficient (Wildman–Crippen LogP) is 1.85. The first kappa shape index (κ1) is 13.0. The maximum absolute atomic E-state index is 11.9. The van der Waals surface area contributed by atoms with Crippen LogP contribution in [-0.4, -0.2) is 27.6 Å². The van der Waals surface area contributed by atoms with Gasteiger partial charge in [0, 0.05) is 12.6 Å². The van der Waals surface area contributed by atoms with Gasteiger partial charge in [-0.25, -0.2) is 4.98 Å². The quantitative estimate of drug-likeness (QED) is 0.853. The Bertz CT molecular complexity index is 567. The van der Waals surface area contributed by atoms with Crippen molar-refractivity contribution in [3.8, 4) is 0 Å². The lowest BCUT2D eigenvalue weighted by atomic mass is 10.4. The van der Waals surface area contributed by atoms with Crippen LogP contribution in [0.1, 0.15) is 29.5 Å². The fourth-order valence-corrected chi connectivity index (χ4v) is 1.41. The largest absolute Gasteiger partial charge is 0.369 e. The lowest BCUT2D eigenvalue weighted by Crippen LogP contribution is -2.15. The minimum absolute atomic E-state index is 0.218. The van der Waals surface area contributed by atoms with Crippen molar-refractivity contribution in [3.63, 3.8) is 0 Å². The monoisotopic (exact) mass is 261 g/mol. The van der Waals surface area contributed by atoms with Crippen molar-refractivity contribution in [2.75, 3.05) is 17.2 Å². The third-order valence-electron chi connectivity index (χ3n) is 2.29. The average molecular weight is 261 g/mol. The van der Waals surface area contributed by atoms with Crippen LogP contribution >= 0.6 is 0 Å². The van der Waals surface area contributed by atoms with E-state index in [2.05, 4.69) is 25.8 Å². The lowest BCUT2D eigenvalue weighted by Gasteiger charge is -2.05. The first-order chi connectivity index (χ1) is 9.19. The number of carbonyl (C=O) groups is 1. The van der Waals surface area contributed by atoms with Gasteiger partial charge in [0.1, 0.15) is 11.5 Å². The number of nitrogens with one attached hydrogen (secondary N) is 2. The van der Waals surface area contributed by atoms with E-state index in [9.17, 15) is 4.79 Å². The van der Waals surface area contributed by atoms with E-state index in [0.717, 1.165) is 13.0 Å². The van der Waals surface area contributed by atoms with Crippen molar-refractivity contribution >= 4 is 17.6 Å². The van der Waals surface area contributed by atoms with Gasteiger partial charge in [0.05, 0.1) is 18.1 Å². The minimum Gasteiger partial charge on any atom is -0.369 e. The highest BCUT2D eigenvalue weighted by atomic mass is 16.5. The van der Waals surface area contributed by atoms with Gasteiger partial charge in [-0.3, -0.25) is 15.1 Å². The lowest BCUT2D eigenvalue weighted by molar-refractivity contribution is 0.101. The number of anilines is 2. The van der Waals surface area contributed by atoms with Crippen LogP contribution in [0.2, 0.25) is 0 Å². The van der Waals surface area contributed by atoms with Crippen molar-refractivity contribution in [3.05, 3.63) is 29.8 Å². The number of nitrogens with zero attached hydrogens (tertiary/aromatic N) is 3.